The van der Waals surface area contributed by atoms with Gasteiger partial charge in [-0.2, -0.15) is 0 Å². The molecule has 1 rings (SSSR count). The highest BCUT2D eigenvalue weighted by atomic mass is 16.3. The van der Waals surface area contributed by atoms with Gasteiger partial charge >= 0.3 is 0 Å². The number of aliphatic hydroxyl groups is 1. The molecule has 0 saturated carbocycles. The summed E-state index contributed by atoms with van der Waals surface area (Å²) in [5.74, 6) is 0. The zero-order valence-electron chi connectivity index (χ0n) is 5.24. The van der Waals surface area contributed by atoms with E-state index >= 15 is 0 Å². The third kappa shape index (κ3) is 1.43. The van der Waals surface area contributed by atoms with Gasteiger partial charge in [0.25, 0.3) is 0 Å². The first-order valence-electron chi connectivity index (χ1n) is 2.82. The monoisotopic (exact) mass is 140 g/mol. The van der Waals surface area contributed by atoms with E-state index in [4.69, 9.17) is 10.8 Å². The number of aromatic nitrogens is 1. The fraction of sp³-hybridized carbons (Fsp3) is 0.167. The number of rotatable bonds is 1. The number of aliphatic hydroxyl groups excluding tert-OH is 1. The van der Waals surface area contributed by atoms with E-state index in [1.165, 1.54) is 18.3 Å². The Labute approximate surface area is 57.3 Å². The Morgan fingerprint density at radius 3 is 2.70 bits per heavy atom. The fourth-order valence-electron chi connectivity index (χ4n) is 0.607. The predicted octanol–water partition coefficient (Wildman–Crippen LogP) is -0.676. The van der Waals surface area contributed by atoms with Crippen LogP contribution in [-0.4, -0.2) is 10.1 Å². The second-order valence-electron chi connectivity index (χ2n) is 1.93. The number of nitrogens with two attached hydrogens (primary N) is 1. The van der Waals surface area contributed by atoms with Crippen LogP contribution in [0.4, 0.5) is 0 Å². The van der Waals surface area contributed by atoms with Gasteiger partial charge in [0.2, 0.25) is 5.56 Å². The number of H-pyrrole nitrogens is 1. The molecule has 10 heavy (non-hydrogen) atoms. The van der Waals surface area contributed by atoms with Gasteiger partial charge in [0.1, 0.15) is 6.23 Å². The molecule has 0 bridgehead atoms. The minimum absolute atomic E-state index is 0.204. The number of hydrogen-bond acceptors (Lipinski definition) is 3. The van der Waals surface area contributed by atoms with Crippen LogP contribution in [0.25, 0.3) is 0 Å². The van der Waals surface area contributed by atoms with Crippen LogP contribution in [0.5, 0.6) is 0 Å². The van der Waals surface area contributed by atoms with Gasteiger partial charge in [0, 0.05) is 17.8 Å². The SMILES string of the molecule is NC(O)c1ccc(=O)[nH]c1. The summed E-state index contributed by atoms with van der Waals surface area (Å²) in [6.07, 6.45) is 0.365. The van der Waals surface area contributed by atoms with Gasteiger partial charge in [-0.15, -0.1) is 0 Å². The summed E-state index contributed by atoms with van der Waals surface area (Å²) in [7, 11) is 0. The zero-order chi connectivity index (χ0) is 7.56. The highest BCUT2D eigenvalue weighted by Crippen LogP contribution is 2.00. The van der Waals surface area contributed by atoms with Gasteiger partial charge in [0.05, 0.1) is 0 Å². The van der Waals surface area contributed by atoms with E-state index in [9.17, 15) is 4.79 Å². The molecule has 1 heterocycles. The largest absolute Gasteiger partial charge is 0.374 e. The summed E-state index contributed by atoms with van der Waals surface area (Å²) in [5, 5.41) is 8.77. The van der Waals surface area contributed by atoms with E-state index in [1.807, 2.05) is 0 Å². The lowest BCUT2D eigenvalue weighted by atomic mass is 10.3. The Balaban J connectivity index is 3.00. The van der Waals surface area contributed by atoms with Crippen LogP contribution in [0, 0.1) is 0 Å². The standard InChI is InChI=1S/C6H8N2O2/c7-6(10)4-1-2-5(9)8-3-4/h1-3,6,10H,7H2,(H,8,9). The summed E-state index contributed by atoms with van der Waals surface area (Å²) < 4.78 is 0. The molecule has 1 atom stereocenters. The summed E-state index contributed by atoms with van der Waals surface area (Å²) in [4.78, 5) is 12.9. The summed E-state index contributed by atoms with van der Waals surface area (Å²) >= 11 is 0. The Hall–Kier alpha value is -1.13. The molecule has 4 nitrogen and oxygen atoms in total. The first kappa shape index (κ1) is 6.98. The van der Waals surface area contributed by atoms with Crippen molar-refractivity contribution in [2.24, 2.45) is 5.73 Å². The third-order valence-corrected chi connectivity index (χ3v) is 1.15. The van der Waals surface area contributed by atoms with Crippen LogP contribution < -0.4 is 11.3 Å². The molecule has 0 aromatic carbocycles. The van der Waals surface area contributed by atoms with Crippen LogP contribution in [0.15, 0.2) is 23.1 Å². The minimum Gasteiger partial charge on any atom is -0.374 e. The van der Waals surface area contributed by atoms with Crippen LogP contribution in [0.3, 0.4) is 0 Å². The lowest BCUT2D eigenvalue weighted by Gasteiger charge is -2.00. The van der Waals surface area contributed by atoms with E-state index in [1.54, 1.807) is 0 Å². The Bertz CT molecular complexity index is 246. The minimum atomic E-state index is -1.02. The van der Waals surface area contributed by atoms with E-state index in [2.05, 4.69) is 4.98 Å². The van der Waals surface area contributed by atoms with Crippen molar-refractivity contribution in [3.8, 4) is 0 Å². The topological polar surface area (TPSA) is 79.1 Å². The number of hydrogen-bond donors (Lipinski definition) is 3. The van der Waals surface area contributed by atoms with E-state index < -0.39 is 6.23 Å². The van der Waals surface area contributed by atoms with E-state index in [0.717, 1.165) is 0 Å². The quantitative estimate of drug-likeness (QED) is 0.452. The second kappa shape index (κ2) is 2.64. The van der Waals surface area contributed by atoms with Crippen molar-refractivity contribution in [1.29, 1.82) is 0 Å². The van der Waals surface area contributed by atoms with Crippen molar-refractivity contribution >= 4 is 0 Å². The molecule has 0 fully saturated rings. The molecule has 0 radical (unpaired) electrons. The Morgan fingerprint density at radius 2 is 2.30 bits per heavy atom. The molecule has 0 aliphatic rings. The zero-order valence-corrected chi connectivity index (χ0v) is 5.24. The molecule has 4 heteroatoms. The predicted molar refractivity (Wildman–Crippen MR) is 36.2 cm³/mol. The van der Waals surface area contributed by atoms with Gasteiger partial charge < -0.3 is 15.8 Å². The smallest absolute Gasteiger partial charge is 0.247 e. The molecule has 0 spiro atoms. The van der Waals surface area contributed by atoms with Crippen molar-refractivity contribution in [2.75, 3.05) is 0 Å². The summed E-state index contributed by atoms with van der Waals surface area (Å²) in [6, 6.07) is 2.79. The highest BCUT2D eigenvalue weighted by Gasteiger charge is 1.97. The average molecular weight is 140 g/mol. The molecule has 0 aliphatic carbocycles. The molecular formula is C6H8N2O2. The fourth-order valence-corrected chi connectivity index (χ4v) is 0.607. The molecular weight excluding hydrogens is 132 g/mol. The Morgan fingerprint density at radius 1 is 1.60 bits per heavy atom. The van der Waals surface area contributed by atoms with Crippen molar-refractivity contribution in [3.05, 3.63) is 34.2 Å². The molecule has 0 aliphatic heterocycles. The molecule has 0 amide bonds. The van der Waals surface area contributed by atoms with Crippen molar-refractivity contribution < 1.29 is 5.11 Å². The van der Waals surface area contributed by atoms with Crippen molar-refractivity contribution in [3.63, 3.8) is 0 Å². The highest BCUT2D eigenvalue weighted by molar-refractivity contribution is 5.10. The second-order valence-corrected chi connectivity index (χ2v) is 1.93. The molecule has 4 N–H and O–H groups in total. The van der Waals surface area contributed by atoms with Crippen molar-refractivity contribution in [1.82, 2.24) is 4.98 Å². The molecule has 1 aromatic heterocycles. The normalized spacial score (nSPS) is 13.0. The third-order valence-electron chi connectivity index (χ3n) is 1.15. The van der Waals surface area contributed by atoms with Gasteiger partial charge in [-0.25, -0.2) is 0 Å². The first-order chi connectivity index (χ1) is 4.70. The number of nitrogens with one attached hydrogen (secondary N) is 1. The van der Waals surface area contributed by atoms with Crippen molar-refractivity contribution in [2.45, 2.75) is 6.23 Å². The molecule has 1 unspecified atom stereocenters. The van der Waals surface area contributed by atoms with Crippen LogP contribution in [0.2, 0.25) is 0 Å². The lowest BCUT2D eigenvalue weighted by Crippen LogP contribution is -2.11. The van der Waals surface area contributed by atoms with Gasteiger partial charge in [-0.1, -0.05) is 0 Å². The van der Waals surface area contributed by atoms with Crippen LogP contribution >= 0.6 is 0 Å². The maximum absolute atomic E-state index is 10.5. The maximum Gasteiger partial charge on any atom is 0.247 e. The first-order valence-corrected chi connectivity index (χ1v) is 2.82. The Kier molecular flexibility index (Phi) is 1.84. The van der Waals surface area contributed by atoms with Gasteiger partial charge in [-0.3, -0.25) is 4.79 Å². The van der Waals surface area contributed by atoms with Gasteiger partial charge in [-0.05, 0) is 6.07 Å². The average Bonchev–Trinajstić information content (AvgIpc) is 1.88. The van der Waals surface area contributed by atoms with E-state index in [0.29, 0.717) is 5.56 Å². The van der Waals surface area contributed by atoms with E-state index in [-0.39, 0.29) is 5.56 Å². The molecule has 0 saturated heterocycles. The van der Waals surface area contributed by atoms with Gasteiger partial charge in [0.15, 0.2) is 0 Å². The lowest BCUT2D eigenvalue weighted by molar-refractivity contribution is 0.186. The molecule has 54 valence electrons. The number of aromatic amines is 1. The molecule has 1 aromatic rings. The maximum atomic E-state index is 10.5. The summed E-state index contributed by atoms with van der Waals surface area (Å²) in [5.41, 5.74) is 5.39. The summed E-state index contributed by atoms with van der Waals surface area (Å²) in [6.45, 7) is 0. The van der Waals surface area contributed by atoms with Crippen LogP contribution in [0.1, 0.15) is 11.8 Å². The van der Waals surface area contributed by atoms with Crippen LogP contribution in [-0.2, 0) is 0 Å². The number of pyridine rings is 1.